The molecule has 0 aliphatic heterocycles. The van der Waals surface area contributed by atoms with Crippen LogP contribution in [0.3, 0.4) is 0 Å². The van der Waals surface area contributed by atoms with E-state index in [0.29, 0.717) is 0 Å². The Morgan fingerprint density at radius 3 is 2.80 bits per heavy atom. The van der Waals surface area contributed by atoms with Crippen LogP contribution in [0.25, 0.3) is 10.2 Å². The van der Waals surface area contributed by atoms with Gasteiger partial charge in [0.2, 0.25) is 0 Å². The van der Waals surface area contributed by atoms with Crippen LogP contribution in [0, 0.1) is 0 Å². The summed E-state index contributed by atoms with van der Waals surface area (Å²) < 4.78 is 1.26. The second kappa shape index (κ2) is 2.77. The fourth-order valence-corrected chi connectivity index (χ4v) is 1.48. The largest absolute Gasteiger partial charge is 0.412 e. The summed E-state index contributed by atoms with van der Waals surface area (Å²) in [6.45, 7) is 0. The third kappa shape index (κ3) is 1.01. The number of para-hydroxylation sites is 1. The van der Waals surface area contributed by atoms with Gasteiger partial charge in [-0.1, -0.05) is 12.1 Å². The van der Waals surface area contributed by atoms with Gasteiger partial charge < -0.3 is 5.48 Å². The van der Waals surface area contributed by atoms with Crippen LogP contribution in [0.1, 0.15) is 0 Å². The first-order valence-electron chi connectivity index (χ1n) is 2.75. The molecule has 0 radical (unpaired) electrons. The summed E-state index contributed by atoms with van der Waals surface area (Å²) in [5, 5.41) is 0. The van der Waals surface area contributed by atoms with Crippen molar-refractivity contribution in [3.63, 3.8) is 0 Å². The van der Waals surface area contributed by atoms with Crippen molar-refractivity contribution in [3.05, 3.63) is 29.8 Å². The Morgan fingerprint density at radius 2 is 2.00 bits per heavy atom. The third-order valence-corrected chi connectivity index (χ3v) is 2.05. The standard InChI is InChI=1S/C7H5NS.H2O/c1-2-4-7-6(3-1)8-5-9-7;/h1-5H;1H2. The van der Waals surface area contributed by atoms with Crippen LogP contribution in [-0.4, -0.2) is 10.5 Å². The van der Waals surface area contributed by atoms with Gasteiger partial charge in [0.1, 0.15) is 0 Å². The smallest absolute Gasteiger partial charge is 0.0812 e. The van der Waals surface area contributed by atoms with Crippen LogP contribution in [0.5, 0.6) is 0 Å². The Balaban J connectivity index is 0.000000500. The maximum absolute atomic E-state index is 4.14. The Labute approximate surface area is 62.5 Å². The highest BCUT2D eigenvalue weighted by atomic mass is 32.1. The molecule has 0 aliphatic carbocycles. The SMILES string of the molecule is O.c1ccc2scnc2c1. The molecule has 0 amide bonds. The zero-order valence-corrected chi connectivity index (χ0v) is 6.06. The van der Waals surface area contributed by atoms with Crippen LogP contribution in [0.2, 0.25) is 0 Å². The normalized spacial score (nSPS) is 9.20. The number of fused-ring (bicyclic) bond motifs is 1. The van der Waals surface area contributed by atoms with Gasteiger partial charge in [-0.05, 0) is 12.1 Å². The number of benzene rings is 1. The highest BCUT2D eigenvalue weighted by Gasteiger charge is 1.89. The predicted octanol–water partition coefficient (Wildman–Crippen LogP) is 1.47. The molecule has 0 atom stereocenters. The summed E-state index contributed by atoms with van der Waals surface area (Å²) in [7, 11) is 0. The molecule has 2 nitrogen and oxygen atoms in total. The second-order valence-corrected chi connectivity index (χ2v) is 2.71. The average molecular weight is 153 g/mol. The lowest BCUT2D eigenvalue weighted by Gasteiger charge is -1.80. The molecule has 0 bridgehead atoms. The van der Waals surface area contributed by atoms with Gasteiger partial charge in [-0.15, -0.1) is 11.3 Å². The topological polar surface area (TPSA) is 44.4 Å². The van der Waals surface area contributed by atoms with Crippen molar-refractivity contribution in [2.75, 3.05) is 0 Å². The monoisotopic (exact) mass is 153 g/mol. The summed E-state index contributed by atoms with van der Waals surface area (Å²) in [6, 6.07) is 8.13. The fourth-order valence-electron chi connectivity index (χ4n) is 0.803. The van der Waals surface area contributed by atoms with Crippen LogP contribution in [0.15, 0.2) is 29.8 Å². The Hall–Kier alpha value is -0.930. The van der Waals surface area contributed by atoms with Crippen LogP contribution >= 0.6 is 11.3 Å². The van der Waals surface area contributed by atoms with E-state index in [1.165, 1.54) is 4.70 Å². The maximum atomic E-state index is 4.14. The van der Waals surface area contributed by atoms with Crippen molar-refractivity contribution in [2.24, 2.45) is 0 Å². The molecule has 1 aromatic carbocycles. The van der Waals surface area contributed by atoms with Crippen molar-refractivity contribution >= 4 is 21.6 Å². The summed E-state index contributed by atoms with van der Waals surface area (Å²) in [6.07, 6.45) is 0. The van der Waals surface area contributed by atoms with Crippen molar-refractivity contribution in [3.8, 4) is 0 Å². The predicted molar refractivity (Wildman–Crippen MR) is 43.2 cm³/mol. The number of hydrogen-bond donors (Lipinski definition) is 0. The molecule has 2 aromatic rings. The van der Waals surface area contributed by atoms with Crippen LogP contribution in [0.4, 0.5) is 0 Å². The van der Waals surface area contributed by atoms with Crippen LogP contribution < -0.4 is 0 Å². The van der Waals surface area contributed by atoms with E-state index in [0.717, 1.165) is 5.52 Å². The number of thiazole rings is 1. The molecule has 1 heterocycles. The number of aromatic nitrogens is 1. The molecule has 52 valence electrons. The van der Waals surface area contributed by atoms with E-state index in [9.17, 15) is 0 Å². The molecule has 0 saturated carbocycles. The van der Waals surface area contributed by atoms with Crippen molar-refractivity contribution in [1.29, 1.82) is 0 Å². The van der Waals surface area contributed by atoms with E-state index in [1.807, 2.05) is 23.7 Å². The molecule has 0 spiro atoms. The molecule has 3 heteroatoms. The quantitative estimate of drug-likeness (QED) is 0.565. The minimum atomic E-state index is 0. The lowest BCUT2D eigenvalue weighted by atomic mass is 10.3. The van der Waals surface area contributed by atoms with Gasteiger partial charge in [0.05, 0.1) is 15.7 Å². The molecule has 2 rings (SSSR count). The van der Waals surface area contributed by atoms with Crippen molar-refractivity contribution in [2.45, 2.75) is 0 Å². The second-order valence-electron chi connectivity index (χ2n) is 1.82. The first-order valence-corrected chi connectivity index (χ1v) is 3.63. The Kier molecular flexibility index (Phi) is 1.99. The fraction of sp³-hybridized carbons (Fsp3) is 0. The molecule has 0 unspecified atom stereocenters. The average Bonchev–Trinajstić information content (AvgIpc) is 2.33. The molecule has 10 heavy (non-hydrogen) atoms. The van der Waals surface area contributed by atoms with Gasteiger partial charge in [0.25, 0.3) is 0 Å². The van der Waals surface area contributed by atoms with E-state index < -0.39 is 0 Å². The number of nitrogens with zero attached hydrogens (tertiary/aromatic N) is 1. The molecule has 0 aliphatic rings. The summed E-state index contributed by atoms with van der Waals surface area (Å²) in [4.78, 5) is 4.14. The van der Waals surface area contributed by atoms with Crippen molar-refractivity contribution < 1.29 is 5.48 Å². The molecule has 0 saturated heterocycles. The lowest BCUT2D eigenvalue weighted by molar-refractivity contribution is 0.824. The Bertz CT molecular complexity index is 288. The Morgan fingerprint density at radius 1 is 1.20 bits per heavy atom. The zero-order valence-electron chi connectivity index (χ0n) is 5.24. The van der Waals surface area contributed by atoms with E-state index in [1.54, 1.807) is 11.3 Å². The van der Waals surface area contributed by atoms with Crippen LogP contribution in [-0.2, 0) is 0 Å². The summed E-state index contributed by atoms with van der Waals surface area (Å²) in [5.74, 6) is 0. The first kappa shape index (κ1) is 7.18. The van der Waals surface area contributed by atoms with E-state index in [-0.39, 0.29) is 5.48 Å². The zero-order chi connectivity index (χ0) is 6.10. The number of rotatable bonds is 0. The van der Waals surface area contributed by atoms with Gasteiger partial charge >= 0.3 is 0 Å². The summed E-state index contributed by atoms with van der Waals surface area (Å²) >= 11 is 1.68. The minimum Gasteiger partial charge on any atom is -0.412 e. The van der Waals surface area contributed by atoms with E-state index >= 15 is 0 Å². The summed E-state index contributed by atoms with van der Waals surface area (Å²) in [5.41, 5.74) is 2.97. The van der Waals surface area contributed by atoms with Gasteiger partial charge in [-0.2, -0.15) is 0 Å². The van der Waals surface area contributed by atoms with E-state index in [4.69, 9.17) is 0 Å². The molecule has 2 N–H and O–H groups in total. The highest BCUT2D eigenvalue weighted by Crippen LogP contribution is 2.15. The van der Waals surface area contributed by atoms with Gasteiger partial charge in [-0.25, -0.2) is 4.98 Å². The third-order valence-electron chi connectivity index (χ3n) is 1.24. The van der Waals surface area contributed by atoms with Gasteiger partial charge in [0.15, 0.2) is 0 Å². The first-order chi connectivity index (χ1) is 4.47. The minimum absolute atomic E-state index is 0. The van der Waals surface area contributed by atoms with Gasteiger partial charge in [0, 0.05) is 0 Å². The molecular weight excluding hydrogens is 146 g/mol. The molecular formula is C7H7NOS. The highest BCUT2D eigenvalue weighted by molar-refractivity contribution is 7.16. The number of hydrogen-bond acceptors (Lipinski definition) is 2. The van der Waals surface area contributed by atoms with E-state index in [2.05, 4.69) is 11.1 Å². The molecule has 0 fully saturated rings. The lowest BCUT2D eigenvalue weighted by Crippen LogP contribution is -1.61. The molecule has 1 aromatic heterocycles. The van der Waals surface area contributed by atoms with Crippen molar-refractivity contribution in [1.82, 2.24) is 4.98 Å². The maximum Gasteiger partial charge on any atom is 0.0812 e. The van der Waals surface area contributed by atoms with Gasteiger partial charge in [-0.3, -0.25) is 0 Å².